The molecule has 1 N–H and O–H groups in total. The summed E-state index contributed by atoms with van der Waals surface area (Å²) in [5.41, 5.74) is 0.712. The predicted octanol–water partition coefficient (Wildman–Crippen LogP) is 6.83. The number of nitrogens with zero attached hydrogens (tertiary/aromatic N) is 2. The molecule has 3 aromatic rings. The Labute approximate surface area is 255 Å². The highest BCUT2D eigenvalue weighted by molar-refractivity contribution is 7.92. The highest BCUT2D eigenvalue weighted by Gasteiger charge is 2.32. The van der Waals surface area contributed by atoms with Crippen LogP contribution in [0.2, 0.25) is 20.1 Å². The molecule has 0 aliphatic carbocycles. The number of anilines is 1. The van der Waals surface area contributed by atoms with Crippen LogP contribution < -0.4 is 9.62 Å². The molecule has 1 atom stereocenters. The molecule has 0 spiro atoms. The minimum atomic E-state index is -4.24. The zero-order valence-electron chi connectivity index (χ0n) is 21.9. The van der Waals surface area contributed by atoms with Crippen molar-refractivity contribution in [2.24, 2.45) is 0 Å². The van der Waals surface area contributed by atoms with E-state index in [2.05, 4.69) is 5.32 Å². The smallest absolute Gasteiger partial charge is 0.264 e. The van der Waals surface area contributed by atoms with Crippen LogP contribution in [0.3, 0.4) is 0 Å². The molecule has 0 aliphatic rings. The number of halogens is 4. The number of hydrogen-bond donors (Lipinski definition) is 1. The molecule has 12 heteroatoms. The van der Waals surface area contributed by atoms with E-state index >= 15 is 0 Å². The van der Waals surface area contributed by atoms with Crippen LogP contribution in [0.5, 0.6) is 0 Å². The highest BCUT2D eigenvalue weighted by atomic mass is 35.5. The molecule has 0 saturated heterocycles. The molecule has 0 fully saturated rings. The third kappa shape index (κ3) is 8.27. The Kier molecular flexibility index (Phi) is 11.5. The minimum absolute atomic E-state index is 0.0202. The summed E-state index contributed by atoms with van der Waals surface area (Å²) in [6, 6.07) is 15.9. The summed E-state index contributed by atoms with van der Waals surface area (Å²) in [5, 5.41) is 3.85. The standard InChI is InChI=1S/C28H29Cl4N3O4S/c1-3-4-12-33-28(37)19(2)34(17-20-10-11-25(31)26(32)13-20)27(36)18-35(23-15-21(29)14-22(30)16-23)40(38,39)24-8-6-5-7-9-24/h5-11,13-16,19H,3-4,12,17-18H2,1-2H3,(H,33,37). The Bertz CT molecular complexity index is 1430. The number of sulfonamides is 1. The fraction of sp³-hybridized carbons (Fsp3) is 0.286. The van der Waals surface area contributed by atoms with E-state index in [1.165, 1.54) is 35.2 Å². The van der Waals surface area contributed by atoms with Crippen LogP contribution >= 0.6 is 46.4 Å². The molecule has 2 amide bonds. The first-order chi connectivity index (χ1) is 18.9. The number of carbonyl (C=O) groups excluding carboxylic acids is 2. The lowest BCUT2D eigenvalue weighted by molar-refractivity contribution is -0.139. The zero-order valence-corrected chi connectivity index (χ0v) is 25.8. The molecule has 214 valence electrons. The number of nitrogens with one attached hydrogen (secondary N) is 1. The zero-order chi connectivity index (χ0) is 29.4. The van der Waals surface area contributed by atoms with E-state index in [1.54, 1.807) is 43.3 Å². The van der Waals surface area contributed by atoms with E-state index in [0.717, 1.165) is 17.1 Å². The molecule has 1 unspecified atom stereocenters. The van der Waals surface area contributed by atoms with E-state index in [0.29, 0.717) is 17.1 Å². The molecule has 0 bridgehead atoms. The maximum Gasteiger partial charge on any atom is 0.264 e. The van der Waals surface area contributed by atoms with Crippen LogP contribution in [-0.2, 0) is 26.2 Å². The van der Waals surface area contributed by atoms with Gasteiger partial charge in [0.1, 0.15) is 12.6 Å². The molecular weight excluding hydrogens is 616 g/mol. The van der Waals surface area contributed by atoms with Crippen molar-refractivity contribution >= 4 is 73.9 Å². The number of unbranched alkanes of at least 4 members (excludes halogenated alkanes) is 1. The van der Waals surface area contributed by atoms with Crippen molar-refractivity contribution in [3.63, 3.8) is 0 Å². The maximum absolute atomic E-state index is 13.9. The summed E-state index contributed by atoms with van der Waals surface area (Å²) in [6.45, 7) is 3.39. The van der Waals surface area contributed by atoms with Gasteiger partial charge in [0.2, 0.25) is 11.8 Å². The van der Waals surface area contributed by atoms with Crippen molar-refractivity contribution in [2.45, 2.75) is 44.2 Å². The average molecular weight is 645 g/mol. The monoisotopic (exact) mass is 643 g/mol. The molecule has 0 aliphatic heterocycles. The second kappa shape index (κ2) is 14.4. The third-order valence-corrected chi connectivity index (χ3v) is 9.04. The number of rotatable bonds is 12. The van der Waals surface area contributed by atoms with Gasteiger partial charge in [-0.3, -0.25) is 13.9 Å². The van der Waals surface area contributed by atoms with E-state index in [4.69, 9.17) is 46.4 Å². The van der Waals surface area contributed by atoms with Gasteiger partial charge in [0.15, 0.2) is 0 Å². The third-order valence-electron chi connectivity index (χ3n) is 6.08. The topological polar surface area (TPSA) is 86.8 Å². The summed E-state index contributed by atoms with van der Waals surface area (Å²) in [4.78, 5) is 28.2. The van der Waals surface area contributed by atoms with Gasteiger partial charge in [-0.15, -0.1) is 0 Å². The SMILES string of the molecule is CCCCNC(=O)C(C)N(Cc1ccc(Cl)c(Cl)c1)C(=O)CN(c1cc(Cl)cc(Cl)c1)S(=O)(=O)c1ccccc1. The number of carbonyl (C=O) groups is 2. The largest absolute Gasteiger partial charge is 0.354 e. The van der Waals surface area contributed by atoms with Crippen LogP contribution in [0, 0.1) is 0 Å². The van der Waals surface area contributed by atoms with E-state index in [-0.39, 0.29) is 38.1 Å². The van der Waals surface area contributed by atoms with Gasteiger partial charge in [-0.25, -0.2) is 8.42 Å². The van der Waals surface area contributed by atoms with Crippen LogP contribution in [-0.4, -0.2) is 44.3 Å². The van der Waals surface area contributed by atoms with Gasteiger partial charge in [0, 0.05) is 23.1 Å². The quantitative estimate of drug-likeness (QED) is 0.219. The summed E-state index contributed by atoms with van der Waals surface area (Å²) < 4.78 is 28.5. The summed E-state index contributed by atoms with van der Waals surface area (Å²) in [5.74, 6) is -0.995. The summed E-state index contributed by atoms with van der Waals surface area (Å²) >= 11 is 24.7. The van der Waals surface area contributed by atoms with Crippen molar-refractivity contribution < 1.29 is 18.0 Å². The first kappa shape index (κ1) is 32.0. The second-order valence-corrected chi connectivity index (χ2v) is 12.6. The Morgan fingerprint density at radius 3 is 2.15 bits per heavy atom. The lowest BCUT2D eigenvalue weighted by atomic mass is 10.1. The average Bonchev–Trinajstić information content (AvgIpc) is 2.91. The van der Waals surface area contributed by atoms with Crippen molar-refractivity contribution in [3.8, 4) is 0 Å². The Balaban J connectivity index is 2.03. The number of hydrogen-bond acceptors (Lipinski definition) is 4. The normalized spacial score (nSPS) is 12.1. The number of benzene rings is 3. The predicted molar refractivity (Wildman–Crippen MR) is 162 cm³/mol. The van der Waals surface area contributed by atoms with Crippen LogP contribution in [0.4, 0.5) is 5.69 Å². The Hall–Kier alpha value is -2.49. The van der Waals surface area contributed by atoms with Crippen molar-refractivity contribution in [2.75, 3.05) is 17.4 Å². The van der Waals surface area contributed by atoms with E-state index < -0.39 is 28.5 Å². The molecular formula is C28H29Cl4N3O4S. The van der Waals surface area contributed by atoms with E-state index in [1.807, 2.05) is 6.92 Å². The lowest BCUT2D eigenvalue weighted by Crippen LogP contribution is -2.51. The first-order valence-electron chi connectivity index (χ1n) is 12.5. The second-order valence-electron chi connectivity index (χ2n) is 9.04. The molecule has 40 heavy (non-hydrogen) atoms. The fourth-order valence-electron chi connectivity index (χ4n) is 3.89. The van der Waals surface area contributed by atoms with Gasteiger partial charge in [-0.05, 0) is 61.4 Å². The van der Waals surface area contributed by atoms with Crippen LogP contribution in [0.15, 0.2) is 71.6 Å². The van der Waals surface area contributed by atoms with Gasteiger partial charge in [-0.2, -0.15) is 0 Å². The molecule has 3 aromatic carbocycles. The van der Waals surface area contributed by atoms with Crippen molar-refractivity contribution in [1.29, 1.82) is 0 Å². The van der Waals surface area contributed by atoms with Crippen molar-refractivity contribution in [3.05, 3.63) is 92.4 Å². The first-order valence-corrected chi connectivity index (χ1v) is 15.4. The summed E-state index contributed by atoms with van der Waals surface area (Å²) in [6.07, 6.45) is 1.66. The van der Waals surface area contributed by atoms with Gasteiger partial charge < -0.3 is 10.2 Å². The number of amides is 2. The molecule has 7 nitrogen and oxygen atoms in total. The van der Waals surface area contributed by atoms with Gasteiger partial charge in [0.05, 0.1) is 20.6 Å². The van der Waals surface area contributed by atoms with Gasteiger partial charge >= 0.3 is 0 Å². The van der Waals surface area contributed by atoms with Gasteiger partial charge in [-0.1, -0.05) is 84.0 Å². The Morgan fingerprint density at radius 1 is 0.900 bits per heavy atom. The Morgan fingerprint density at radius 2 is 1.55 bits per heavy atom. The van der Waals surface area contributed by atoms with Gasteiger partial charge in [0.25, 0.3) is 10.0 Å². The molecule has 3 rings (SSSR count). The van der Waals surface area contributed by atoms with Crippen LogP contribution in [0.1, 0.15) is 32.3 Å². The molecule has 0 heterocycles. The molecule has 0 saturated carbocycles. The van der Waals surface area contributed by atoms with Crippen molar-refractivity contribution in [1.82, 2.24) is 10.2 Å². The molecule has 0 radical (unpaired) electrons. The molecule has 0 aromatic heterocycles. The van der Waals surface area contributed by atoms with E-state index in [9.17, 15) is 18.0 Å². The fourth-order valence-corrected chi connectivity index (χ4v) is 6.14. The van der Waals surface area contributed by atoms with Crippen LogP contribution in [0.25, 0.3) is 0 Å². The highest BCUT2D eigenvalue weighted by Crippen LogP contribution is 2.30. The minimum Gasteiger partial charge on any atom is -0.354 e. The lowest BCUT2D eigenvalue weighted by Gasteiger charge is -2.32. The maximum atomic E-state index is 13.9. The summed E-state index contributed by atoms with van der Waals surface area (Å²) in [7, 11) is -4.24.